The van der Waals surface area contributed by atoms with Crippen LogP contribution < -0.4 is 10.5 Å². The minimum Gasteiger partial charge on any atom is -0.399 e. The fraction of sp³-hybridized carbons (Fsp3) is 0.300. The number of anilines is 1. The molecular weight excluding hydrogens is 280 g/mol. The van der Waals surface area contributed by atoms with Crippen molar-refractivity contribution in [3.63, 3.8) is 0 Å². The summed E-state index contributed by atoms with van der Waals surface area (Å²) in [6.07, 6.45) is 0. The topological polar surface area (TPSA) is 92.5 Å². The van der Waals surface area contributed by atoms with Crippen LogP contribution in [0.25, 0.3) is 0 Å². The average molecular weight is 293 g/mol. The van der Waals surface area contributed by atoms with Crippen LogP contribution in [0.15, 0.2) is 17.0 Å². The fourth-order valence-corrected chi connectivity index (χ4v) is 2.27. The number of carbonyl (C=O) groups excluding carboxylic acids is 1. The molecule has 0 aliphatic heterocycles. The summed E-state index contributed by atoms with van der Waals surface area (Å²) < 4.78 is 51.8. The number of likely N-dealkylation sites (N-methyl/N-ethyl adjacent to an activating group) is 1. The number of sulfonamides is 1. The molecule has 3 N–H and O–H groups in total. The minimum atomic E-state index is -4.36. The molecule has 106 valence electrons. The molecule has 19 heavy (non-hydrogen) atoms. The van der Waals surface area contributed by atoms with E-state index in [0.717, 1.165) is 11.0 Å². The second-order valence-electron chi connectivity index (χ2n) is 3.93. The van der Waals surface area contributed by atoms with Crippen LogP contribution in [0.1, 0.15) is 0 Å². The van der Waals surface area contributed by atoms with Gasteiger partial charge in [-0.25, -0.2) is 21.9 Å². The monoisotopic (exact) mass is 293 g/mol. The zero-order valence-electron chi connectivity index (χ0n) is 10.3. The summed E-state index contributed by atoms with van der Waals surface area (Å²) in [6, 6.07) is 1.44. The Hall–Kier alpha value is -1.74. The molecule has 0 radical (unpaired) electrons. The van der Waals surface area contributed by atoms with Crippen molar-refractivity contribution >= 4 is 21.6 Å². The molecule has 0 fully saturated rings. The predicted molar refractivity (Wildman–Crippen MR) is 64.7 cm³/mol. The molecule has 0 unspecified atom stereocenters. The van der Waals surface area contributed by atoms with Gasteiger partial charge < -0.3 is 10.6 Å². The van der Waals surface area contributed by atoms with Gasteiger partial charge in [-0.05, 0) is 12.1 Å². The van der Waals surface area contributed by atoms with Crippen molar-refractivity contribution in [3.05, 3.63) is 23.8 Å². The third kappa shape index (κ3) is 3.61. The van der Waals surface area contributed by atoms with E-state index in [9.17, 15) is 22.0 Å². The zero-order chi connectivity index (χ0) is 14.8. The number of nitrogens with one attached hydrogen (secondary N) is 1. The smallest absolute Gasteiger partial charge is 0.244 e. The molecule has 1 amide bonds. The lowest BCUT2D eigenvalue weighted by atomic mass is 10.3. The number of benzene rings is 1. The predicted octanol–water partition coefficient (Wildman–Crippen LogP) is -0.0865. The molecular formula is C10H13F2N3O3S. The van der Waals surface area contributed by atoms with E-state index in [-0.39, 0.29) is 5.69 Å². The number of rotatable bonds is 4. The summed E-state index contributed by atoms with van der Waals surface area (Å²) in [4.78, 5) is 11.5. The van der Waals surface area contributed by atoms with Gasteiger partial charge in [-0.15, -0.1) is 0 Å². The number of hydrogen-bond donors (Lipinski definition) is 2. The van der Waals surface area contributed by atoms with Crippen LogP contribution in [0.5, 0.6) is 0 Å². The van der Waals surface area contributed by atoms with Crippen molar-refractivity contribution in [2.45, 2.75) is 4.90 Å². The first kappa shape index (κ1) is 15.3. The lowest BCUT2D eigenvalue weighted by Crippen LogP contribution is -2.36. The lowest BCUT2D eigenvalue weighted by molar-refractivity contribution is -0.127. The quantitative estimate of drug-likeness (QED) is 0.759. The van der Waals surface area contributed by atoms with Crippen LogP contribution >= 0.6 is 0 Å². The van der Waals surface area contributed by atoms with Crippen molar-refractivity contribution in [1.82, 2.24) is 9.62 Å². The summed E-state index contributed by atoms with van der Waals surface area (Å²) in [5, 5.41) is 0. The SMILES string of the molecule is CN(C)C(=O)CNS(=O)(=O)c1cc(N)cc(F)c1F. The Morgan fingerprint density at radius 2 is 1.95 bits per heavy atom. The van der Waals surface area contributed by atoms with Crippen molar-refractivity contribution in [2.24, 2.45) is 0 Å². The minimum absolute atomic E-state index is 0.238. The Bertz CT molecular complexity index is 602. The highest BCUT2D eigenvalue weighted by Gasteiger charge is 2.23. The van der Waals surface area contributed by atoms with Gasteiger partial charge in [0.15, 0.2) is 11.6 Å². The molecule has 0 atom stereocenters. The molecule has 1 aromatic rings. The third-order valence-corrected chi connectivity index (χ3v) is 3.62. The van der Waals surface area contributed by atoms with Gasteiger partial charge >= 0.3 is 0 Å². The van der Waals surface area contributed by atoms with Crippen molar-refractivity contribution < 1.29 is 22.0 Å². The number of carbonyl (C=O) groups is 1. The summed E-state index contributed by atoms with van der Waals surface area (Å²) in [5.41, 5.74) is 5.02. The molecule has 1 aromatic carbocycles. The number of halogens is 2. The van der Waals surface area contributed by atoms with E-state index < -0.39 is 39.0 Å². The molecule has 0 saturated heterocycles. The molecule has 0 saturated carbocycles. The number of nitrogens with zero attached hydrogens (tertiary/aromatic N) is 1. The average Bonchev–Trinajstić information content (AvgIpc) is 2.30. The maximum atomic E-state index is 13.4. The Labute approximate surface area is 109 Å². The molecule has 0 aromatic heterocycles. The second-order valence-corrected chi connectivity index (χ2v) is 5.66. The molecule has 0 aliphatic rings. The molecule has 9 heteroatoms. The first-order valence-corrected chi connectivity index (χ1v) is 6.58. The maximum absolute atomic E-state index is 13.4. The molecule has 0 bridgehead atoms. The zero-order valence-corrected chi connectivity index (χ0v) is 11.1. The molecule has 0 spiro atoms. The first-order chi connectivity index (χ1) is 8.65. The van der Waals surface area contributed by atoms with Gasteiger partial charge in [-0.3, -0.25) is 4.79 Å². The second kappa shape index (κ2) is 5.49. The van der Waals surface area contributed by atoms with E-state index in [1.807, 2.05) is 4.72 Å². The largest absolute Gasteiger partial charge is 0.399 e. The van der Waals surface area contributed by atoms with E-state index in [2.05, 4.69) is 0 Å². The number of nitrogen functional groups attached to an aromatic ring is 1. The third-order valence-electron chi connectivity index (χ3n) is 2.22. The Morgan fingerprint density at radius 3 is 2.47 bits per heavy atom. The molecule has 0 heterocycles. The first-order valence-electron chi connectivity index (χ1n) is 5.09. The highest BCUT2D eigenvalue weighted by atomic mass is 32.2. The standard InChI is InChI=1S/C10H13F2N3O3S/c1-15(2)9(16)5-14-19(17,18)8-4-6(13)3-7(11)10(8)12/h3-4,14H,5,13H2,1-2H3. The normalized spacial score (nSPS) is 11.4. The lowest BCUT2D eigenvalue weighted by Gasteiger charge is -2.12. The number of amides is 1. The van der Waals surface area contributed by atoms with Crippen LogP contribution in [0, 0.1) is 11.6 Å². The molecule has 1 rings (SSSR count). The summed E-state index contributed by atoms with van der Waals surface area (Å²) >= 11 is 0. The number of nitrogens with two attached hydrogens (primary N) is 1. The van der Waals surface area contributed by atoms with Crippen LogP contribution in [0.4, 0.5) is 14.5 Å². The van der Waals surface area contributed by atoms with Crippen LogP contribution in [0.2, 0.25) is 0 Å². The highest BCUT2D eigenvalue weighted by molar-refractivity contribution is 7.89. The summed E-state index contributed by atoms with van der Waals surface area (Å²) in [5.74, 6) is -3.45. The number of hydrogen-bond acceptors (Lipinski definition) is 4. The van der Waals surface area contributed by atoms with Gasteiger partial charge in [0.1, 0.15) is 4.90 Å². The maximum Gasteiger partial charge on any atom is 0.244 e. The Balaban J connectivity index is 3.05. The summed E-state index contributed by atoms with van der Waals surface area (Å²) in [7, 11) is -1.50. The molecule has 6 nitrogen and oxygen atoms in total. The molecule has 0 aliphatic carbocycles. The van der Waals surface area contributed by atoms with Crippen molar-refractivity contribution in [1.29, 1.82) is 0 Å². The van der Waals surface area contributed by atoms with Gasteiger partial charge in [0, 0.05) is 19.8 Å². The van der Waals surface area contributed by atoms with E-state index in [1.165, 1.54) is 14.1 Å². The van der Waals surface area contributed by atoms with Gasteiger partial charge in [-0.1, -0.05) is 0 Å². The van der Waals surface area contributed by atoms with Crippen LogP contribution in [0.3, 0.4) is 0 Å². The fourth-order valence-electron chi connectivity index (χ4n) is 1.17. The van der Waals surface area contributed by atoms with Crippen molar-refractivity contribution in [2.75, 3.05) is 26.4 Å². The highest BCUT2D eigenvalue weighted by Crippen LogP contribution is 2.20. The van der Waals surface area contributed by atoms with Gasteiger partial charge in [0.2, 0.25) is 15.9 Å². The van der Waals surface area contributed by atoms with Crippen LogP contribution in [-0.4, -0.2) is 39.9 Å². The van der Waals surface area contributed by atoms with Gasteiger partial charge in [0.25, 0.3) is 0 Å². The van der Waals surface area contributed by atoms with E-state index in [4.69, 9.17) is 5.73 Å². The van der Waals surface area contributed by atoms with Gasteiger partial charge in [0.05, 0.1) is 6.54 Å². The van der Waals surface area contributed by atoms with Crippen LogP contribution in [-0.2, 0) is 14.8 Å². The van der Waals surface area contributed by atoms with E-state index >= 15 is 0 Å². The summed E-state index contributed by atoms with van der Waals surface area (Å²) in [6.45, 7) is -0.564. The Morgan fingerprint density at radius 1 is 1.37 bits per heavy atom. The van der Waals surface area contributed by atoms with E-state index in [1.54, 1.807) is 0 Å². The van der Waals surface area contributed by atoms with Gasteiger partial charge in [-0.2, -0.15) is 0 Å². The Kier molecular flexibility index (Phi) is 4.43. The van der Waals surface area contributed by atoms with Crippen molar-refractivity contribution in [3.8, 4) is 0 Å². The van der Waals surface area contributed by atoms with E-state index in [0.29, 0.717) is 6.07 Å².